The van der Waals surface area contributed by atoms with Gasteiger partial charge in [-0.2, -0.15) is 15.1 Å². The van der Waals surface area contributed by atoms with Crippen molar-refractivity contribution in [2.45, 2.75) is 6.92 Å². The number of aromatic amines is 1. The van der Waals surface area contributed by atoms with Crippen LogP contribution in [-0.2, 0) is 7.05 Å². The molecule has 0 fully saturated rings. The summed E-state index contributed by atoms with van der Waals surface area (Å²) >= 11 is 6.05. The number of hydrogen-bond acceptors (Lipinski definition) is 6. The Hall–Kier alpha value is -3.78. The zero-order valence-corrected chi connectivity index (χ0v) is 17.5. The topological polar surface area (TPSA) is 98.6 Å². The van der Waals surface area contributed by atoms with Gasteiger partial charge in [0.2, 0.25) is 0 Å². The van der Waals surface area contributed by atoms with Crippen LogP contribution >= 0.6 is 11.6 Å². The summed E-state index contributed by atoms with van der Waals surface area (Å²) in [5, 5.41) is 5.90. The molecule has 8 nitrogen and oxygen atoms in total. The first-order valence-corrected chi connectivity index (χ1v) is 10.0. The number of fused-ring (bicyclic) bond motifs is 2. The molecule has 2 aromatic carbocycles. The molecule has 154 valence electrons. The summed E-state index contributed by atoms with van der Waals surface area (Å²) < 4.78 is 7.23. The highest BCUT2D eigenvalue weighted by atomic mass is 35.5. The summed E-state index contributed by atoms with van der Waals surface area (Å²) in [4.78, 5) is 29.2. The lowest BCUT2D eigenvalue weighted by Gasteiger charge is -2.10. The fourth-order valence-corrected chi connectivity index (χ4v) is 3.58. The van der Waals surface area contributed by atoms with E-state index in [4.69, 9.17) is 16.3 Å². The molecule has 1 N–H and O–H groups in total. The molecule has 5 aromatic rings. The van der Waals surface area contributed by atoms with Crippen LogP contribution in [0.5, 0.6) is 6.01 Å². The lowest BCUT2D eigenvalue weighted by molar-refractivity contribution is 0.314. The van der Waals surface area contributed by atoms with E-state index in [9.17, 15) is 4.79 Å². The number of nitrogens with zero attached hydrogens (tertiary/aromatic N) is 5. The number of halogens is 1. The van der Waals surface area contributed by atoms with E-state index in [-0.39, 0.29) is 17.3 Å². The van der Waals surface area contributed by atoms with Gasteiger partial charge in [-0.15, -0.1) is 0 Å². The van der Waals surface area contributed by atoms with Gasteiger partial charge in [0, 0.05) is 34.8 Å². The minimum absolute atomic E-state index is 0.168. The van der Waals surface area contributed by atoms with Crippen molar-refractivity contribution in [3.05, 3.63) is 64.0 Å². The molecule has 0 aliphatic heterocycles. The molecule has 0 aliphatic rings. The van der Waals surface area contributed by atoms with Gasteiger partial charge in [-0.3, -0.25) is 9.48 Å². The number of aryl methyl sites for hydroxylation is 1. The van der Waals surface area contributed by atoms with Crippen molar-refractivity contribution in [3.8, 4) is 28.5 Å². The van der Waals surface area contributed by atoms with Gasteiger partial charge in [0.1, 0.15) is 16.9 Å². The maximum atomic E-state index is 12.9. The molecule has 9 heteroatoms. The molecule has 5 rings (SSSR count). The Balaban J connectivity index is 1.76. The largest absolute Gasteiger partial charge is 0.464 e. The molecule has 3 aromatic heterocycles. The highest BCUT2D eigenvalue weighted by Gasteiger charge is 2.17. The van der Waals surface area contributed by atoms with Crippen molar-refractivity contribution in [1.82, 2.24) is 29.7 Å². The molecule has 0 unspecified atom stereocenters. The van der Waals surface area contributed by atoms with Gasteiger partial charge in [-0.25, -0.2) is 4.98 Å². The maximum absolute atomic E-state index is 12.9. The Morgan fingerprint density at radius 3 is 2.58 bits per heavy atom. The third kappa shape index (κ3) is 3.51. The molecule has 0 saturated heterocycles. The van der Waals surface area contributed by atoms with Crippen molar-refractivity contribution in [3.63, 3.8) is 0 Å². The summed E-state index contributed by atoms with van der Waals surface area (Å²) in [6, 6.07) is 13.0. The lowest BCUT2D eigenvalue weighted by Crippen LogP contribution is -2.14. The van der Waals surface area contributed by atoms with Gasteiger partial charge < -0.3 is 9.72 Å². The van der Waals surface area contributed by atoms with Crippen molar-refractivity contribution < 1.29 is 4.74 Å². The van der Waals surface area contributed by atoms with E-state index in [2.05, 4.69) is 25.0 Å². The third-order valence-corrected chi connectivity index (χ3v) is 5.07. The average molecular weight is 433 g/mol. The smallest absolute Gasteiger partial charge is 0.319 e. The van der Waals surface area contributed by atoms with Gasteiger partial charge in [0.05, 0.1) is 12.1 Å². The standard InChI is InChI=1S/C22H17ClN6O2/c1-3-31-22-25-17(12-4-7-15(23)8-5-12)19-20(27-22)26-21(30)18(24-19)13-6-9-16-14(10-13)11-29(2)28-16/h4-11H,3H2,1-2H3,(H,25,26,27,30). The fourth-order valence-electron chi connectivity index (χ4n) is 3.45. The number of aromatic nitrogens is 6. The quantitative estimate of drug-likeness (QED) is 0.461. The molecule has 3 heterocycles. The van der Waals surface area contributed by atoms with Crippen LogP contribution < -0.4 is 10.3 Å². The van der Waals surface area contributed by atoms with Crippen molar-refractivity contribution in [2.75, 3.05) is 6.61 Å². The molecule has 0 bridgehead atoms. The number of benzene rings is 2. The van der Waals surface area contributed by atoms with E-state index in [0.717, 1.165) is 16.5 Å². The van der Waals surface area contributed by atoms with Crippen LogP contribution in [0.3, 0.4) is 0 Å². The number of nitrogens with one attached hydrogen (secondary N) is 1. The number of ether oxygens (including phenoxy) is 1. The number of H-pyrrole nitrogens is 1. The molecule has 0 radical (unpaired) electrons. The van der Waals surface area contributed by atoms with Crippen LogP contribution in [0.4, 0.5) is 0 Å². The first kappa shape index (κ1) is 19.2. The number of rotatable bonds is 4. The van der Waals surface area contributed by atoms with E-state index in [1.807, 2.05) is 50.5 Å². The average Bonchev–Trinajstić information content (AvgIpc) is 3.13. The zero-order chi connectivity index (χ0) is 21.5. The molecular formula is C22H17ClN6O2. The molecule has 0 saturated carbocycles. The minimum atomic E-state index is -0.348. The highest BCUT2D eigenvalue weighted by molar-refractivity contribution is 6.30. The summed E-state index contributed by atoms with van der Waals surface area (Å²) in [7, 11) is 1.85. The molecular weight excluding hydrogens is 416 g/mol. The summed E-state index contributed by atoms with van der Waals surface area (Å²) in [5.41, 5.74) is 3.55. The fraction of sp³-hybridized carbons (Fsp3) is 0.136. The Bertz CT molecular complexity index is 1490. The van der Waals surface area contributed by atoms with Gasteiger partial charge in [-0.05, 0) is 31.2 Å². The Morgan fingerprint density at radius 2 is 1.81 bits per heavy atom. The van der Waals surface area contributed by atoms with E-state index >= 15 is 0 Å². The maximum Gasteiger partial charge on any atom is 0.319 e. The second kappa shape index (κ2) is 7.48. The highest BCUT2D eigenvalue weighted by Crippen LogP contribution is 2.28. The number of hydrogen-bond donors (Lipinski definition) is 1. The van der Waals surface area contributed by atoms with Crippen LogP contribution in [0.15, 0.2) is 53.5 Å². The molecule has 0 aliphatic carbocycles. The SMILES string of the molecule is CCOc1nc(-c2ccc(Cl)cc2)c2nc(-c3ccc4nn(C)cc4c3)c(=O)[nH]c2n1. The summed E-state index contributed by atoms with van der Waals surface area (Å²) in [6.45, 7) is 2.24. The lowest BCUT2D eigenvalue weighted by atomic mass is 10.1. The summed E-state index contributed by atoms with van der Waals surface area (Å²) in [6.07, 6.45) is 1.89. The van der Waals surface area contributed by atoms with E-state index in [0.29, 0.717) is 34.1 Å². The van der Waals surface area contributed by atoms with Gasteiger partial charge >= 0.3 is 6.01 Å². The predicted molar refractivity (Wildman–Crippen MR) is 119 cm³/mol. The molecule has 31 heavy (non-hydrogen) atoms. The van der Waals surface area contributed by atoms with Crippen molar-refractivity contribution in [1.29, 1.82) is 0 Å². The Kier molecular flexibility index (Phi) is 4.63. The first-order valence-electron chi connectivity index (χ1n) is 9.66. The van der Waals surface area contributed by atoms with E-state index in [1.54, 1.807) is 16.8 Å². The Morgan fingerprint density at radius 1 is 1.03 bits per heavy atom. The van der Waals surface area contributed by atoms with Crippen molar-refractivity contribution >= 4 is 33.7 Å². The van der Waals surface area contributed by atoms with E-state index in [1.165, 1.54) is 0 Å². The Labute approximate surface area is 181 Å². The zero-order valence-electron chi connectivity index (χ0n) is 16.8. The van der Waals surface area contributed by atoms with Crippen LogP contribution in [0.25, 0.3) is 44.6 Å². The molecule has 0 atom stereocenters. The monoisotopic (exact) mass is 432 g/mol. The minimum Gasteiger partial charge on any atom is -0.464 e. The summed E-state index contributed by atoms with van der Waals surface area (Å²) in [5.74, 6) is 0. The van der Waals surface area contributed by atoms with Crippen molar-refractivity contribution in [2.24, 2.45) is 7.05 Å². The van der Waals surface area contributed by atoms with Gasteiger partial charge in [-0.1, -0.05) is 29.8 Å². The molecule has 0 spiro atoms. The first-order chi connectivity index (χ1) is 15.0. The van der Waals surface area contributed by atoms with Crippen LogP contribution in [0, 0.1) is 0 Å². The van der Waals surface area contributed by atoms with Crippen LogP contribution in [0.1, 0.15) is 6.92 Å². The van der Waals surface area contributed by atoms with E-state index < -0.39 is 0 Å². The second-order valence-electron chi connectivity index (χ2n) is 6.98. The normalized spacial score (nSPS) is 11.3. The van der Waals surface area contributed by atoms with Crippen LogP contribution in [0.2, 0.25) is 5.02 Å². The van der Waals surface area contributed by atoms with Gasteiger partial charge in [0.25, 0.3) is 5.56 Å². The third-order valence-electron chi connectivity index (χ3n) is 4.82. The van der Waals surface area contributed by atoms with Crippen LogP contribution in [-0.4, -0.2) is 36.3 Å². The second-order valence-corrected chi connectivity index (χ2v) is 7.42. The predicted octanol–water partition coefficient (Wildman–Crippen LogP) is 3.99. The molecule has 0 amide bonds. The van der Waals surface area contributed by atoms with Gasteiger partial charge in [0.15, 0.2) is 5.65 Å².